The number of hydrogen-bond donors (Lipinski definition) is 0. The molecule has 1 amide bonds. The highest BCUT2D eigenvalue weighted by atomic mass is 19.1. The highest BCUT2D eigenvalue weighted by Crippen LogP contribution is 2.49. The van der Waals surface area contributed by atoms with Gasteiger partial charge in [0.25, 0.3) is 0 Å². The molecule has 1 saturated carbocycles. The Morgan fingerprint density at radius 1 is 1.25 bits per heavy atom. The number of carbonyl (C=O) groups is 1. The van der Waals surface area contributed by atoms with Gasteiger partial charge in [0.05, 0.1) is 12.6 Å². The maximum atomic E-state index is 13.1. The van der Waals surface area contributed by atoms with Crippen LogP contribution in [-0.2, 0) is 11.3 Å². The van der Waals surface area contributed by atoms with Gasteiger partial charge in [-0.2, -0.15) is 5.10 Å². The number of nitrogens with zero attached hydrogens (tertiary/aromatic N) is 3. The van der Waals surface area contributed by atoms with Crippen LogP contribution in [0, 0.1) is 11.7 Å². The number of rotatable bonds is 4. The fourth-order valence-corrected chi connectivity index (χ4v) is 3.86. The Morgan fingerprint density at radius 3 is 2.83 bits per heavy atom. The van der Waals surface area contributed by atoms with Crippen molar-refractivity contribution in [2.24, 2.45) is 5.92 Å². The lowest BCUT2D eigenvalue weighted by Crippen LogP contribution is -2.46. The number of aromatic nitrogens is 2. The zero-order valence-corrected chi connectivity index (χ0v) is 13.6. The third-order valence-corrected chi connectivity index (χ3v) is 5.27. The maximum Gasteiger partial charge on any atom is 0.226 e. The molecule has 2 heterocycles. The standard InChI is InChI=1S/C19H22FN3O/c20-15-7-5-14(6-8-15)17-12-18(17)19(24)23-11-2-1-4-16(23)13-22-10-3-9-21-22/h3,5-10,16-18H,1-2,4,11-13H2/t16-,17+,18-/m1/s1. The lowest BCUT2D eigenvalue weighted by atomic mass is 10.0. The van der Waals surface area contributed by atoms with Crippen LogP contribution in [0.5, 0.6) is 0 Å². The first-order valence-corrected chi connectivity index (χ1v) is 8.76. The molecule has 1 saturated heterocycles. The van der Waals surface area contributed by atoms with Gasteiger partial charge in [-0.05, 0) is 55.4 Å². The number of amides is 1. The minimum Gasteiger partial charge on any atom is -0.338 e. The van der Waals surface area contributed by atoms with Gasteiger partial charge in [0.1, 0.15) is 5.82 Å². The van der Waals surface area contributed by atoms with Crippen molar-refractivity contribution in [3.8, 4) is 0 Å². The van der Waals surface area contributed by atoms with Crippen molar-refractivity contribution in [1.29, 1.82) is 0 Å². The molecule has 1 aromatic carbocycles. The molecule has 2 aromatic rings. The van der Waals surface area contributed by atoms with E-state index in [4.69, 9.17) is 0 Å². The second kappa shape index (κ2) is 6.38. The second-order valence-electron chi connectivity index (χ2n) is 6.91. The normalized spacial score (nSPS) is 26.4. The van der Waals surface area contributed by atoms with E-state index in [0.29, 0.717) is 0 Å². The summed E-state index contributed by atoms with van der Waals surface area (Å²) in [5.74, 6) is 0.359. The smallest absolute Gasteiger partial charge is 0.226 e. The van der Waals surface area contributed by atoms with Crippen molar-refractivity contribution in [3.05, 3.63) is 54.1 Å². The molecule has 0 N–H and O–H groups in total. The van der Waals surface area contributed by atoms with Crippen LogP contribution in [-0.4, -0.2) is 33.2 Å². The lowest BCUT2D eigenvalue weighted by Gasteiger charge is -2.36. The summed E-state index contributed by atoms with van der Waals surface area (Å²) in [6, 6.07) is 8.74. The van der Waals surface area contributed by atoms with Crippen LogP contribution in [0.1, 0.15) is 37.2 Å². The minimum atomic E-state index is -0.224. The Labute approximate surface area is 141 Å². The fourth-order valence-electron chi connectivity index (χ4n) is 3.86. The Morgan fingerprint density at radius 2 is 2.08 bits per heavy atom. The molecular formula is C19H22FN3O. The maximum absolute atomic E-state index is 13.1. The average molecular weight is 327 g/mol. The molecule has 0 spiro atoms. The van der Waals surface area contributed by atoms with Crippen molar-refractivity contribution in [2.75, 3.05) is 6.54 Å². The summed E-state index contributed by atoms with van der Waals surface area (Å²) in [7, 11) is 0. The van der Waals surface area contributed by atoms with Crippen LogP contribution >= 0.6 is 0 Å². The SMILES string of the molecule is O=C([C@@H]1C[C@H]1c1ccc(F)cc1)N1CCCC[C@@H]1Cn1cccn1. The molecule has 0 radical (unpaired) electrons. The number of benzene rings is 1. The van der Waals surface area contributed by atoms with E-state index in [1.54, 1.807) is 6.20 Å². The van der Waals surface area contributed by atoms with Crippen molar-refractivity contribution in [2.45, 2.75) is 44.2 Å². The summed E-state index contributed by atoms with van der Waals surface area (Å²) in [4.78, 5) is 15.0. The Hall–Kier alpha value is -2.17. The van der Waals surface area contributed by atoms with Gasteiger partial charge >= 0.3 is 0 Å². The number of carbonyl (C=O) groups excluding carboxylic acids is 1. The molecule has 2 fully saturated rings. The van der Waals surface area contributed by atoms with Gasteiger partial charge in [-0.3, -0.25) is 9.48 Å². The molecule has 4 rings (SSSR count). The molecule has 24 heavy (non-hydrogen) atoms. The number of hydrogen-bond acceptors (Lipinski definition) is 2. The molecule has 4 nitrogen and oxygen atoms in total. The van der Waals surface area contributed by atoms with Gasteiger partial charge in [-0.1, -0.05) is 12.1 Å². The number of piperidine rings is 1. The molecule has 0 unspecified atom stereocenters. The predicted octanol–water partition coefficient (Wildman–Crippen LogP) is 3.21. The highest BCUT2D eigenvalue weighted by Gasteiger charge is 2.47. The summed E-state index contributed by atoms with van der Waals surface area (Å²) in [5, 5.41) is 4.28. The minimum absolute atomic E-state index is 0.0636. The molecule has 3 atom stereocenters. The first-order valence-electron chi connectivity index (χ1n) is 8.76. The van der Waals surface area contributed by atoms with E-state index in [2.05, 4.69) is 10.00 Å². The van der Waals surface area contributed by atoms with Crippen molar-refractivity contribution in [1.82, 2.24) is 14.7 Å². The summed E-state index contributed by atoms with van der Waals surface area (Å²) >= 11 is 0. The molecule has 0 bridgehead atoms. The number of halogens is 1. The molecule has 5 heteroatoms. The van der Waals surface area contributed by atoms with E-state index in [-0.39, 0.29) is 29.6 Å². The number of likely N-dealkylation sites (tertiary alicyclic amines) is 1. The fraction of sp³-hybridized carbons (Fsp3) is 0.474. The van der Waals surface area contributed by atoms with Gasteiger partial charge in [-0.15, -0.1) is 0 Å². The molecule has 1 aromatic heterocycles. The van der Waals surface area contributed by atoms with Gasteiger partial charge in [0.15, 0.2) is 0 Å². The Kier molecular flexibility index (Phi) is 4.08. The van der Waals surface area contributed by atoms with E-state index in [1.165, 1.54) is 18.6 Å². The zero-order valence-electron chi connectivity index (χ0n) is 13.6. The molecule has 1 aliphatic carbocycles. The largest absolute Gasteiger partial charge is 0.338 e. The van der Waals surface area contributed by atoms with E-state index >= 15 is 0 Å². The average Bonchev–Trinajstić information content (AvgIpc) is 3.24. The van der Waals surface area contributed by atoms with Crippen LogP contribution in [0.15, 0.2) is 42.7 Å². The quantitative estimate of drug-likeness (QED) is 0.865. The summed E-state index contributed by atoms with van der Waals surface area (Å²) in [5.41, 5.74) is 1.08. The highest BCUT2D eigenvalue weighted by molar-refractivity contribution is 5.83. The summed E-state index contributed by atoms with van der Waals surface area (Å²) in [6.45, 7) is 1.62. The third-order valence-electron chi connectivity index (χ3n) is 5.27. The first kappa shape index (κ1) is 15.4. The van der Waals surface area contributed by atoms with Gasteiger partial charge in [0, 0.05) is 24.9 Å². The van der Waals surface area contributed by atoms with E-state index in [9.17, 15) is 9.18 Å². The van der Waals surface area contributed by atoms with Crippen LogP contribution in [0.25, 0.3) is 0 Å². The molecule has 1 aliphatic heterocycles. The topological polar surface area (TPSA) is 38.1 Å². The second-order valence-corrected chi connectivity index (χ2v) is 6.91. The van der Waals surface area contributed by atoms with Crippen molar-refractivity contribution in [3.63, 3.8) is 0 Å². The lowest BCUT2D eigenvalue weighted by molar-refractivity contribution is -0.136. The monoisotopic (exact) mass is 327 g/mol. The van der Waals surface area contributed by atoms with Crippen LogP contribution in [0.3, 0.4) is 0 Å². The molecule has 126 valence electrons. The van der Waals surface area contributed by atoms with Gasteiger partial charge in [-0.25, -0.2) is 4.39 Å². The van der Waals surface area contributed by atoms with E-state index in [0.717, 1.165) is 37.9 Å². The van der Waals surface area contributed by atoms with Crippen molar-refractivity contribution < 1.29 is 9.18 Å². The van der Waals surface area contributed by atoms with Crippen LogP contribution in [0.2, 0.25) is 0 Å². The van der Waals surface area contributed by atoms with E-state index in [1.807, 2.05) is 29.1 Å². The first-order chi connectivity index (χ1) is 11.7. The summed E-state index contributed by atoms with van der Waals surface area (Å²) in [6.07, 6.45) is 7.90. The Bertz CT molecular complexity index is 698. The van der Waals surface area contributed by atoms with Crippen LogP contribution < -0.4 is 0 Å². The molecule has 2 aliphatic rings. The molecular weight excluding hydrogens is 305 g/mol. The summed E-state index contributed by atoms with van der Waals surface area (Å²) < 4.78 is 15.0. The van der Waals surface area contributed by atoms with Crippen LogP contribution in [0.4, 0.5) is 4.39 Å². The zero-order chi connectivity index (χ0) is 16.5. The third kappa shape index (κ3) is 3.07. The Balaban J connectivity index is 1.43. The predicted molar refractivity (Wildman–Crippen MR) is 88.8 cm³/mol. The van der Waals surface area contributed by atoms with Crippen molar-refractivity contribution >= 4 is 5.91 Å². The van der Waals surface area contributed by atoms with E-state index < -0.39 is 0 Å². The van der Waals surface area contributed by atoms with Gasteiger partial charge < -0.3 is 4.90 Å². The van der Waals surface area contributed by atoms with Gasteiger partial charge in [0.2, 0.25) is 5.91 Å².